The van der Waals surface area contributed by atoms with Gasteiger partial charge < -0.3 is 15.2 Å². The number of aromatic nitrogens is 3. The summed E-state index contributed by atoms with van der Waals surface area (Å²) in [6.45, 7) is 3.39. The second-order valence-corrected chi connectivity index (χ2v) is 9.13. The van der Waals surface area contributed by atoms with Gasteiger partial charge in [-0.3, -0.25) is 14.4 Å². The van der Waals surface area contributed by atoms with Gasteiger partial charge in [-0.2, -0.15) is 0 Å². The molecule has 0 fully saturated rings. The molecule has 0 saturated carbocycles. The number of hydrogen-bond acceptors (Lipinski definition) is 6. The van der Waals surface area contributed by atoms with Crippen molar-refractivity contribution >= 4 is 40.7 Å². The van der Waals surface area contributed by atoms with Crippen molar-refractivity contribution in [3.63, 3.8) is 0 Å². The molecule has 1 aromatic heterocycles. The van der Waals surface area contributed by atoms with Crippen LogP contribution < -0.4 is 10.6 Å². The molecule has 0 aliphatic heterocycles. The lowest BCUT2D eigenvalue weighted by Gasteiger charge is -2.09. The zero-order chi connectivity index (χ0) is 25.7. The summed E-state index contributed by atoms with van der Waals surface area (Å²) in [6.07, 6.45) is 0. The number of thioether (sulfide) groups is 1. The van der Waals surface area contributed by atoms with Crippen LogP contribution in [0.3, 0.4) is 0 Å². The second-order valence-electron chi connectivity index (χ2n) is 8.19. The van der Waals surface area contributed by atoms with Gasteiger partial charge in [-0.05, 0) is 61.9 Å². The first-order valence-corrected chi connectivity index (χ1v) is 12.2. The van der Waals surface area contributed by atoms with E-state index in [0.29, 0.717) is 33.5 Å². The number of ketones is 1. The monoisotopic (exact) mass is 499 g/mol. The van der Waals surface area contributed by atoms with E-state index < -0.39 is 0 Å². The minimum Gasteiger partial charge on any atom is -0.325 e. The fourth-order valence-corrected chi connectivity index (χ4v) is 4.28. The van der Waals surface area contributed by atoms with Gasteiger partial charge >= 0.3 is 0 Å². The van der Waals surface area contributed by atoms with Gasteiger partial charge in [-0.25, -0.2) is 0 Å². The Bertz CT molecular complexity index is 1430. The van der Waals surface area contributed by atoms with Crippen LogP contribution in [0.5, 0.6) is 0 Å². The van der Waals surface area contributed by atoms with Gasteiger partial charge in [0.25, 0.3) is 5.91 Å². The first-order chi connectivity index (χ1) is 17.3. The van der Waals surface area contributed by atoms with Gasteiger partial charge in [0.05, 0.1) is 5.75 Å². The molecule has 0 aliphatic carbocycles. The van der Waals surface area contributed by atoms with Crippen molar-refractivity contribution in [3.8, 4) is 11.4 Å². The lowest BCUT2D eigenvalue weighted by Crippen LogP contribution is -2.14. The Labute approximate surface area is 213 Å². The predicted octanol–water partition coefficient (Wildman–Crippen LogP) is 4.98. The molecule has 0 bridgehead atoms. The Morgan fingerprint density at radius 3 is 2.36 bits per heavy atom. The molecule has 2 N–H and O–H groups in total. The first kappa shape index (κ1) is 24.9. The minimum atomic E-state index is -0.193. The fraction of sp³-hybridized carbons (Fsp3) is 0.148. The number of benzene rings is 3. The standard InChI is InChI=1S/C27H25N5O3S/c1-17-7-4-5-10-23(17)26(35)29-22-9-6-8-20(15-22)25-30-31-27(32(25)3)36-16-24(34)28-21-13-11-19(12-14-21)18(2)33/h4-15H,16H2,1-3H3,(H,28,34)(H,29,35). The summed E-state index contributed by atoms with van der Waals surface area (Å²) in [7, 11) is 1.83. The van der Waals surface area contributed by atoms with Crippen molar-refractivity contribution in [3.05, 3.63) is 89.5 Å². The third-order valence-corrected chi connectivity index (χ3v) is 6.53. The van der Waals surface area contributed by atoms with E-state index in [-0.39, 0.29) is 23.4 Å². The highest BCUT2D eigenvalue weighted by atomic mass is 32.2. The fourth-order valence-electron chi connectivity index (χ4n) is 3.57. The Morgan fingerprint density at radius 2 is 1.64 bits per heavy atom. The van der Waals surface area contributed by atoms with Gasteiger partial charge in [0, 0.05) is 35.1 Å². The van der Waals surface area contributed by atoms with Crippen molar-refractivity contribution in [2.45, 2.75) is 19.0 Å². The molecule has 36 heavy (non-hydrogen) atoms. The number of Topliss-reactive ketones (excluding diaryl/α,β-unsaturated/α-hetero) is 1. The normalized spacial score (nSPS) is 10.6. The summed E-state index contributed by atoms with van der Waals surface area (Å²) in [5, 5.41) is 14.8. The van der Waals surface area contributed by atoms with E-state index in [4.69, 9.17) is 0 Å². The van der Waals surface area contributed by atoms with E-state index in [1.807, 2.05) is 61.0 Å². The molecule has 0 unspecified atom stereocenters. The Balaban J connectivity index is 1.40. The van der Waals surface area contributed by atoms with E-state index in [2.05, 4.69) is 20.8 Å². The van der Waals surface area contributed by atoms with Crippen LogP contribution in [0.2, 0.25) is 0 Å². The van der Waals surface area contributed by atoms with E-state index in [1.54, 1.807) is 30.3 Å². The van der Waals surface area contributed by atoms with Crippen molar-refractivity contribution in [2.75, 3.05) is 16.4 Å². The smallest absolute Gasteiger partial charge is 0.255 e. The predicted molar refractivity (Wildman–Crippen MR) is 141 cm³/mol. The molecule has 0 spiro atoms. The Morgan fingerprint density at radius 1 is 0.889 bits per heavy atom. The third-order valence-electron chi connectivity index (χ3n) is 5.51. The van der Waals surface area contributed by atoms with Gasteiger partial charge in [0.15, 0.2) is 16.8 Å². The molecule has 0 saturated heterocycles. The maximum Gasteiger partial charge on any atom is 0.255 e. The van der Waals surface area contributed by atoms with Gasteiger partial charge in [-0.1, -0.05) is 42.1 Å². The molecule has 4 aromatic rings. The molecule has 9 heteroatoms. The molecule has 0 aliphatic rings. The molecule has 3 aromatic carbocycles. The van der Waals surface area contributed by atoms with Crippen molar-refractivity contribution < 1.29 is 14.4 Å². The summed E-state index contributed by atoms with van der Waals surface area (Å²) in [5.41, 5.74) is 4.16. The van der Waals surface area contributed by atoms with Crippen LogP contribution in [0.25, 0.3) is 11.4 Å². The van der Waals surface area contributed by atoms with Gasteiger partial charge in [-0.15, -0.1) is 10.2 Å². The van der Waals surface area contributed by atoms with E-state index >= 15 is 0 Å². The highest BCUT2D eigenvalue weighted by molar-refractivity contribution is 7.99. The highest BCUT2D eigenvalue weighted by Gasteiger charge is 2.15. The van der Waals surface area contributed by atoms with Crippen LogP contribution in [-0.2, 0) is 11.8 Å². The van der Waals surface area contributed by atoms with E-state index in [9.17, 15) is 14.4 Å². The number of hydrogen-bond donors (Lipinski definition) is 2. The number of carbonyl (C=O) groups excluding carboxylic acids is 3. The zero-order valence-electron chi connectivity index (χ0n) is 20.1. The number of nitrogens with zero attached hydrogens (tertiary/aromatic N) is 3. The molecule has 1 heterocycles. The van der Waals surface area contributed by atoms with Crippen LogP contribution in [0.4, 0.5) is 11.4 Å². The first-order valence-electron chi connectivity index (χ1n) is 11.2. The molecule has 182 valence electrons. The van der Waals surface area contributed by atoms with Crippen molar-refractivity contribution in [1.29, 1.82) is 0 Å². The summed E-state index contributed by atoms with van der Waals surface area (Å²) >= 11 is 1.27. The average Bonchev–Trinajstić information content (AvgIpc) is 3.23. The summed E-state index contributed by atoms with van der Waals surface area (Å²) in [4.78, 5) is 36.5. The molecule has 2 amide bonds. The number of aryl methyl sites for hydroxylation is 1. The lowest BCUT2D eigenvalue weighted by molar-refractivity contribution is -0.113. The molecule has 4 rings (SSSR count). The zero-order valence-corrected chi connectivity index (χ0v) is 20.9. The van der Waals surface area contributed by atoms with Crippen molar-refractivity contribution in [1.82, 2.24) is 14.8 Å². The number of amides is 2. The SMILES string of the molecule is CC(=O)c1ccc(NC(=O)CSc2nnc(-c3cccc(NC(=O)c4ccccc4C)c3)n2C)cc1. The lowest BCUT2D eigenvalue weighted by atomic mass is 10.1. The van der Waals surface area contributed by atoms with Crippen LogP contribution in [0, 0.1) is 6.92 Å². The van der Waals surface area contributed by atoms with Crippen LogP contribution >= 0.6 is 11.8 Å². The van der Waals surface area contributed by atoms with Crippen molar-refractivity contribution in [2.24, 2.45) is 7.05 Å². The topological polar surface area (TPSA) is 106 Å². The maximum absolute atomic E-state index is 12.7. The molecule has 8 nitrogen and oxygen atoms in total. The molecular formula is C27H25N5O3S. The Kier molecular flexibility index (Phi) is 7.60. The number of nitrogens with one attached hydrogen (secondary N) is 2. The number of carbonyl (C=O) groups is 3. The molecule has 0 radical (unpaired) electrons. The minimum absolute atomic E-state index is 0.0271. The average molecular weight is 500 g/mol. The van der Waals surface area contributed by atoms with E-state index in [1.165, 1.54) is 18.7 Å². The maximum atomic E-state index is 12.7. The summed E-state index contributed by atoms with van der Waals surface area (Å²) in [5.74, 6) is 0.361. The number of rotatable bonds is 8. The van der Waals surface area contributed by atoms with Gasteiger partial charge in [0.2, 0.25) is 5.91 Å². The second kappa shape index (κ2) is 11.0. The largest absolute Gasteiger partial charge is 0.325 e. The van der Waals surface area contributed by atoms with Crippen LogP contribution in [0.1, 0.15) is 33.2 Å². The van der Waals surface area contributed by atoms with Gasteiger partial charge in [0.1, 0.15) is 0 Å². The summed E-state index contributed by atoms with van der Waals surface area (Å²) in [6, 6.07) is 21.6. The highest BCUT2D eigenvalue weighted by Crippen LogP contribution is 2.25. The molecular weight excluding hydrogens is 474 g/mol. The van der Waals surface area contributed by atoms with Crippen LogP contribution in [0.15, 0.2) is 78.0 Å². The van der Waals surface area contributed by atoms with Crippen LogP contribution in [-0.4, -0.2) is 38.1 Å². The Hall–Kier alpha value is -4.24. The third kappa shape index (κ3) is 5.87. The van der Waals surface area contributed by atoms with E-state index in [0.717, 1.165) is 11.1 Å². The quantitative estimate of drug-likeness (QED) is 0.262. The molecule has 0 atom stereocenters. The number of anilines is 2. The summed E-state index contributed by atoms with van der Waals surface area (Å²) < 4.78 is 1.81.